The summed E-state index contributed by atoms with van der Waals surface area (Å²) in [7, 11) is -2.15. The van der Waals surface area contributed by atoms with Gasteiger partial charge < -0.3 is 19.0 Å². The summed E-state index contributed by atoms with van der Waals surface area (Å²) in [5.41, 5.74) is -4.64. The second-order valence-corrected chi connectivity index (χ2v) is 10.9. The highest BCUT2D eigenvalue weighted by Crippen LogP contribution is 2.57. The minimum Gasteiger partial charge on any atom is -0.450 e. The maximum absolute atomic E-state index is 15.7. The molecular weight excluding hydrogens is 420 g/mol. The standard InChI is InChI=1S/C18H29F2N3O6Si/c1-8-27-14(25)22-11-9-10-23(13(24)21-11)16(5)18(19,20)17(26,29-30(6)7)12(28-16)15(2,3)4/h9-10,12,26,30H,8H2,1-7H3,(H,21,22,24,25)/t12-,16-,17-/m1/s1. The molecule has 0 aromatic carbocycles. The lowest BCUT2D eigenvalue weighted by Gasteiger charge is -2.40. The third-order valence-corrected chi connectivity index (χ3v) is 5.54. The molecule has 2 heterocycles. The van der Waals surface area contributed by atoms with Crippen molar-refractivity contribution in [2.24, 2.45) is 5.41 Å². The van der Waals surface area contributed by atoms with Crippen molar-refractivity contribution in [1.82, 2.24) is 9.55 Å². The van der Waals surface area contributed by atoms with Gasteiger partial charge in [0, 0.05) is 6.20 Å². The van der Waals surface area contributed by atoms with E-state index in [-0.39, 0.29) is 12.4 Å². The van der Waals surface area contributed by atoms with Gasteiger partial charge in [-0.2, -0.15) is 13.8 Å². The van der Waals surface area contributed by atoms with E-state index in [1.807, 2.05) is 0 Å². The summed E-state index contributed by atoms with van der Waals surface area (Å²) < 4.78 is 47.8. The Kier molecular flexibility index (Phi) is 6.49. The van der Waals surface area contributed by atoms with Gasteiger partial charge >= 0.3 is 17.7 Å². The van der Waals surface area contributed by atoms with E-state index in [0.29, 0.717) is 4.57 Å². The van der Waals surface area contributed by atoms with Crippen LogP contribution in [-0.4, -0.2) is 54.2 Å². The monoisotopic (exact) mass is 449 g/mol. The summed E-state index contributed by atoms with van der Waals surface area (Å²) in [6.45, 7) is 10.9. The maximum Gasteiger partial charge on any atom is 0.412 e. The Morgan fingerprint density at radius 1 is 1.43 bits per heavy atom. The summed E-state index contributed by atoms with van der Waals surface area (Å²) in [5, 5.41) is 13.3. The summed E-state index contributed by atoms with van der Waals surface area (Å²) in [4.78, 5) is 27.7. The Bertz CT molecular complexity index is 859. The molecule has 1 fully saturated rings. The predicted molar refractivity (Wildman–Crippen MR) is 107 cm³/mol. The highest BCUT2D eigenvalue weighted by molar-refractivity contribution is 6.48. The van der Waals surface area contributed by atoms with E-state index in [1.165, 1.54) is 0 Å². The van der Waals surface area contributed by atoms with E-state index in [0.717, 1.165) is 19.2 Å². The molecule has 1 amide bonds. The zero-order valence-corrected chi connectivity index (χ0v) is 19.3. The number of aliphatic hydroxyl groups is 1. The Hall–Kier alpha value is -1.89. The molecule has 0 spiro atoms. The number of halogens is 2. The van der Waals surface area contributed by atoms with Crippen molar-refractivity contribution in [3.05, 3.63) is 22.7 Å². The van der Waals surface area contributed by atoms with Crippen LogP contribution in [0.15, 0.2) is 17.1 Å². The SMILES string of the molecule is CCOC(=O)Nc1ccn([C@]2(C)O[C@H](C(C)(C)C)[C@@](O)(O[SiH](C)C)C2(F)F)c(=O)n1. The molecule has 170 valence electrons. The maximum atomic E-state index is 15.7. The molecular formula is C18H29F2N3O6Si. The zero-order chi connectivity index (χ0) is 23.1. The Balaban J connectivity index is 2.55. The van der Waals surface area contributed by atoms with Crippen molar-refractivity contribution in [3.8, 4) is 0 Å². The molecule has 3 atom stereocenters. The quantitative estimate of drug-likeness (QED) is 0.524. The van der Waals surface area contributed by atoms with Crippen molar-refractivity contribution in [1.29, 1.82) is 0 Å². The fourth-order valence-electron chi connectivity index (χ4n) is 3.42. The van der Waals surface area contributed by atoms with Crippen LogP contribution >= 0.6 is 0 Å². The summed E-state index contributed by atoms with van der Waals surface area (Å²) in [5.74, 6) is -7.12. The van der Waals surface area contributed by atoms with Crippen molar-refractivity contribution in [2.75, 3.05) is 11.9 Å². The van der Waals surface area contributed by atoms with E-state index >= 15 is 8.78 Å². The molecule has 30 heavy (non-hydrogen) atoms. The zero-order valence-electron chi connectivity index (χ0n) is 18.2. The number of carbonyl (C=O) groups is 1. The molecule has 2 rings (SSSR count). The highest BCUT2D eigenvalue weighted by atomic mass is 28.3. The third kappa shape index (κ3) is 4.00. The lowest BCUT2D eigenvalue weighted by atomic mass is 9.82. The van der Waals surface area contributed by atoms with Crippen LogP contribution in [0.1, 0.15) is 34.6 Å². The summed E-state index contributed by atoms with van der Waals surface area (Å²) in [6, 6.07) is 1.16. The van der Waals surface area contributed by atoms with E-state index < -0.39 is 49.8 Å². The summed E-state index contributed by atoms with van der Waals surface area (Å²) in [6.07, 6.45) is -1.26. The van der Waals surface area contributed by atoms with Gasteiger partial charge in [0.25, 0.3) is 5.79 Å². The summed E-state index contributed by atoms with van der Waals surface area (Å²) >= 11 is 0. The van der Waals surface area contributed by atoms with E-state index in [4.69, 9.17) is 13.9 Å². The van der Waals surface area contributed by atoms with Crippen LogP contribution < -0.4 is 11.0 Å². The normalized spacial score (nSPS) is 28.6. The minimum atomic E-state index is -4.00. The van der Waals surface area contributed by atoms with Crippen molar-refractivity contribution in [2.45, 2.75) is 71.3 Å². The first-order chi connectivity index (χ1) is 13.6. The van der Waals surface area contributed by atoms with Gasteiger partial charge in [-0.25, -0.2) is 9.59 Å². The Morgan fingerprint density at radius 2 is 2.03 bits per heavy atom. The average Bonchev–Trinajstić information content (AvgIpc) is 2.72. The molecule has 12 heteroatoms. The van der Waals surface area contributed by atoms with Crippen LogP contribution in [-0.2, 0) is 19.6 Å². The molecule has 2 N–H and O–H groups in total. The first-order valence-corrected chi connectivity index (χ1v) is 12.4. The van der Waals surface area contributed by atoms with Gasteiger partial charge in [0.2, 0.25) is 5.72 Å². The van der Waals surface area contributed by atoms with Gasteiger partial charge in [0.05, 0.1) is 6.61 Å². The first-order valence-electron chi connectivity index (χ1n) is 9.60. The highest BCUT2D eigenvalue weighted by Gasteiger charge is 2.78. The second-order valence-electron chi connectivity index (χ2n) is 8.60. The molecule has 1 aromatic rings. The molecule has 0 radical (unpaired) electrons. The number of hydrogen-bond acceptors (Lipinski definition) is 7. The molecule has 1 aromatic heterocycles. The number of anilines is 1. The van der Waals surface area contributed by atoms with Gasteiger partial charge in [0.15, 0.2) is 9.04 Å². The molecule has 1 saturated heterocycles. The van der Waals surface area contributed by atoms with Crippen LogP contribution in [0.25, 0.3) is 0 Å². The van der Waals surface area contributed by atoms with Crippen LogP contribution in [0.4, 0.5) is 19.4 Å². The lowest BCUT2D eigenvalue weighted by molar-refractivity contribution is -0.299. The van der Waals surface area contributed by atoms with E-state index in [1.54, 1.807) is 40.8 Å². The number of amides is 1. The first kappa shape index (κ1) is 24.4. The fraction of sp³-hybridized carbons (Fsp3) is 0.722. The molecule has 9 nitrogen and oxygen atoms in total. The van der Waals surface area contributed by atoms with Gasteiger partial charge in [-0.05, 0) is 38.4 Å². The van der Waals surface area contributed by atoms with E-state index in [9.17, 15) is 14.7 Å². The molecule has 1 aliphatic rings. The third-order valence-electron chi connectivity index (χ3n) is 4.71. The Morgan fingerprint density at radius 3 is 2.50 bits per heavy atom. The van der Waals surface area contributed by atoms with Crippen LogP contribution in [0.5, 0.6) is 0 Å². The number of carbonyl (C=O) groups excluding carboxylic acids is 1. The van der Waals surface area contributed by atoms with Gasteiger partial charge in [-0.15, -0.1) is 0 Å². The molecule has 0 unspecified atom stereocenters. The van der Waals surface area contributed by atoms with Gasteiger partial charge in [0.1, 0.15) is 11.9 Å². The van der Waals surface area contributed by atoms with E-state index in [2.05, 4.69) is 10.3 Å². The number of nitrogens with zero attached hydrogens (tertiary/aromatic N) is 2. The number of rotatable bonds is 5. The molecule has 1 aliphatic heterocycles. The smallest absolute Gasteiger partial charge is 0.412 e. The molecule has 0 bridgehead atoms. The molecule has 0 saturated carbocycles. The topological polar surface area (TPSA) is 112 Å². The second kappa shape index (κ2) is 7.98. The minimum absolute atomic E-state index is 0.104. The van der Waals surface area contributed by atoms with Gasteiger partial charge in [-0.1, -0.05) is 20.8 Å². The fourth-order valence-corrected chi connectivity index (χ4v) is 4.41. The Labute approximate surface area is 175 Å². The lowest BCUT2D eigenvalue weighted by Crippen LogP contribution is -2.63. The number of hydrogen-bond donors (Lipinski definition) is 2. The number of alkyl halides is 2. The van der Waals surface area contributed by atoms with Crippen molar-refractivity contribution >= 4 is 21.0 Å². The number of ether oxygens (including phenoxy) is 2. The average molecular weight is 450 g/mol. The largest absolute Gasteiger partial charge is 0.450 e. The van der Waals surface area contributed by atoms with Gasteiger partial charge in [-0.3, -0.25) is 9.88 Å². The molecule has 0 aliphatic carbocycles. The van der Waals surface area contributed by atoms with Crippen LogP contribution in [0.2, 0.25) is 13.1 Å². The van der Waals surface area contributed by atoms with Crippen LogP contribution in [0, 0.1) is 5.41 Å². The van der Waals surface area contributed by atoms with Crippen LogP contribution in [0.3, 0.4) is 0 Å². The predicted octanol–water partition coefficient (Wildman–Crippen LogP) is 2.25. The number of aromatic nitrogens is 2. The van der Waals surface area contributed by atoms with Crippen molar-refractivity contribution < 1.29 is 32.6 Å². The number of nitrogens with one attached hydrogen (secondary N) is 1. The van der Waals surface area contributed by atoms with Crippen molar-refractivity contribution in [3.63, 3.8) is 0 Å².